The Morgan fingerprint density at radius 2 is 0.667 bits per heavy atom. The number of carboxylic acid groups (broad SMARTS) is 2. The molecule has 12 nitrogen and oxygen atoms in total. The number of isothiocyanates is 2. The maximum Gasteiger partial charge on any atom is 2.00 e. The third-order valence-corrected chi connectivity index (χ3v) is 13.4. The molecule has 12 rings (SSSR count). The van der Waals surface area contributed by atoms with E-state index in [1.807, 2.05) is 24.5 Å². The molecule has 0 fully saturated rings. The van der Waals surface area contributed by atoms with E-state index in [9.17, 15) is 9.59 Å². The van der Waals surface area contributed by atoms with Crippen molar-refractivity contribution in [1.29, 1.82) is 0 Å². The summed E-state index contributed by atoms with van der Waals surface area (Å²) in [5.74, 6) is -2.15. The minimum Gasteiger partial charge on any atom is -0.753 e. The number of benzene rings is 8. The molecule has 0 radical (unpaired) electrons. The third kappa shape index (κ3) is 16.3. The van der Waals surface area contributed by atoms with Crippen LogP contribution in [0, 0.1) is 0 Å². The first-order chi connectivity index (χ1) is 42.1. The molecule has 0 unspecified atom stereocenters. The Kier molecular flexibility index (Phi) is 22.3. The Balaban J connectivity index is 0.000000330. The van der Waals surface area contributed by atoms with Crippen LogP contribution in [0.5, 0.6) is 0 Å². The number of hydrogen-bond donors (Lipinski definition) is 2. The zero-order valence-corrected chi connectivity index (χ0v) is 49.5. The summed E-state index contributed by atoms with van der Waals surface area (Å²) >= 11 is 7.40. The Hall–Kier alpha value is -10.9. The molecule has 4 aromatic heterocycles. The molecule has 0 amide bonds. The van der Waals surface area contributed by atoms with Gasteiger partial charge in [0.1, 0.15) is 0 Å². The van der Waals surface area contributed by atoms with Crippen LogP contribution in [0.3, 0.4) is 0 Å². The summed E-state index contributed by atoms with van der Waals surface area (Å²) in [6.07, 6.45) is 14.9. The molecule has 0 aliphatic rings. The number of fused-ring (bicyclic) bond motifs is 2. The van der Waals surface area contributed by atoms with E-state index in [2.05, 4.69) is 275 Å². The van der Waals surface area contributed by atoms with E-state index in [-0.39, 0.29) is 30.6 Å². The third-order valence-electron chi connectivity index (χ3n) is 13.4. The maximum atomic E-state index is 10.8. The number of aromatic carboxylic acids is 2. The first kappa shape index (κ1) is 62.2. The van der Waals surface area contributed by atoms with Crippen LogP contribution in [0.25, 0.3) is 79.4 Å². The van der Waals surface area contributed by atoms with Gasteiger partial charge >= 0.3 is 31.4 Å². The van der Waals surface area contributed by atoms with Crippen molar-refractivity contribution in [2.24, 2.45) is 0 Å². The van der Waals surface area contributed by atoms with Gasteiger partial charge in [-0.15, -0.1) is 0 Å². The molecule has 15 heteroatoms. The Morgan fingerprint density at radius 1 is 0.368 bits per heavy atom. The molecule has 12 aromatic rings. The molecular weight excluding hydrogens is 1210 g/mol. The minimum atomic E-state index is -1.08. The van der Waals surface area contributed by atoms with Crippen LogP contribution in [-0.4, -0.2) is 52.4 Å². The first-order valence-corrected chi connectivity index (χ1v) is 27.5. The van der Waals surface area contributed by atoms with Crippen molar-refractivity contribution < 1.29 is 39.3 Å². The number of rotatable bonds is 14. The predicted octanol–water partition coefficient (Wildman–Crippen LogP) is 18.6. The number of hydrogen-bond acceptors (Lipinski definition) is 10. The normalized spacial score (nSPS) is 10.4. The van der Waals surface area contributed by atoms with Crippen molar-refractivity contribution in [3.8, 4) is 22.8 Å². The number of anilines is 6. The summed E-state index contributed by atoms with van der Waals surface area (Å²) in [6.45, 7) is 0. The molecule has 0 aliphatic heterocycles. The van der Waals surface area contributed by atoms with Gasteiger partial charge in [0.05, 0.1) is 45.3 Å². The SMILES string of the molecule is C(=C\c1ccnc(-c2cc(/C=C/c3ccc(N(c4ccccc4)c4cccc5ccccc45)cc3)ccn2)c1)/c1ccc(N(c2ccccc2)c2cccc3ccccc23)cc1.O=C(O)c1ccnc(-c2cc(C(=O)O)ccn2)c1.[N-]=C=S.[N-]=C=S.[Ru+2]. The van der Waals surface area contributed by atoms with Gasteiger partial charge in [0.15, 0.2) is 0 Å². The van der Waals surface area contributed by atoms with Gasteiger partial charge in [-0.05, 0) is 142 Å². The maximum absolute atomic E-state index is 10.8. The molecule has 422 valence electrons. The van der Waals surface area contributed by atoms with Crippen molar-refractivity contribution in [2.75, 3.05) is 9.80 Å². The van der Waals surface area contributed by atoms with E-state index in [4.69, 9.17) is 31.0 Å². The van der Waals surface area contributed by atoms with Crippen LogP contribution in [0.2, 0.25) is 0 Å². The number of nitrogens with zero attached hydrogens (tertiary/aromatic N) is 8. The second kappa shape index (κ2) is 31.1. The zero-order valence-electron chi connectivity index (χ0n) is 46.2. The quantitative estimate of drug-likeness (QED) is 0.0599. The van der Waals surface area contributed by atoms with E-state index in [1.54, 1.807) is 0 Å². The molecule has 0 atom stereocenters. The Labute approximate surface area is 526 Å². The van der Waals surface area contributed by atoms with Crippen molar-refractivity contribution in [1.82, 2.24) is 19.9 Å². The molecule has 0 bridgehead atoms. The Morgan fingerprint density at radius 3 is 1.03 bits per heavy atom. The van der Waals surface area contributed by atoms with Crippen LogP contribution in [0.4, 0.5) is 34.1 Å². The van der Waals surface area contributed by atoms with Crippen molar-refractivity contribution in [3.05, 3.63) is 312 Å². The molecule has 0 aliphatic carbocycles. The van der Waals surface area contributed by atoms with Crippen LogP contribution < -0.4 is 9.80 Å². The zero-order chi connectivity index (χ0) is 60.0. The van der Waals surface area contributed by atoms with E-state index in [1.165, 1.54) is 68.5 Å². The van der Waals surface area contributed by atoms with Crippen LogP contribution >= 0.6 is 24.4 Å². The van der Waals surface area contributed by atoms with Gasteiger partial charge in [0.2, 0.25) is 0 Å². The number of thiocarbonyl (C=S) groups is 2. The first-order valence-electron chi connectivity index (χ1n) is 26.7. The largest absolute Gasteiger partial charge is 2.00 e. The van der Waals surface area contributed by atoms with Crippen molar-refractivity contribution in [2.45, 2.75) is 0 Å². The average Bonchev–Trinajstić information content (AvgIpc) is 1.75. The van der Waals surface area contributed by atoms with Crippen LogP contribution in [0.15, 0.2) is 267 Å². The fourth-order valence-corrected chi connectivity index (χ4v) is 9.46. The summed E-state index contributed by atoms with van der Waals surface area (Å²) < 4.78 is 0. The molecule has 87 heavy (non-hydrogen) atoms. The fraction of sp³-hybridized carbons (Fsp3) is 0. The van der Waals surface area contributed by atoms with Gasteiger partial charge in [-0.1, -0.05) is 182 Å². The number of para-hydroxylation sites is 2. The van der Waals surface area contributed by atoms with E-state index >= 15 is 0 Å². The van der Waals surface area contributed by atoms with Gasteiger partial charge in [-0.2, -0.15) is 10.3 Å². The number of pyridine rings is 4. The van der Waals surface area contributed by atoms with Gasteiger partial charge in [-0.3, -0.25) is 19.9 Å². The van der Waals surface area contributed by atoms with Crippen LogP contribution in [-0.2, 0) is 19.5 Å². The minimum absolute atomic E-state index is 0. The number of carboxylic acids is 2. The van der Waals surface area contributed by atoms with E-state index in [0.717, 1.165) is 67.8 Å². The van der Waals surface area contributed by atoms with Gasteiger partial charge in [0, 0.05) is 58.3 Å². The number of carbonyl (C=O) groups is 2. The van der Waals surface area contributed by atoms with E-state index in [0.29, 0.717) is 11.4 Å². The fourth-order valence-electron chi connectivity index (χ4n) is 9.46. The molecular formula is C72H50N8O4RuS2. The van der Waals surface area contributed by atoms with Crippen LogP contribution in [0.1, 0.15) is 43.0 Å². The van der Waals surface area contributed by atoms with Gasteiger partial charge < -0.3 is 30.8 Å². The monoisotopic (exact) mass is 1260 g/mol. The van der Waals surface area contributed by atoms with Gasteiger partial charge in [-0.25, -0.2) is 9.59 Å². The molecule has 0 saturated carbocycles. The smallest absolute Gasteiger partial charge is 0.753 e. The van der Waals surface area contributed by atoms with Crippen molar-refractivity contribution >= 4 is 127 Å². The van der Waals surface area contributed by atoms with Crippen molar-refractivity contribution in [3.63, 3.8) is 0 Å². The summed E-state index contributed by atoms with van der Waals surface area (Å²) in [4.78, 5) is 43.6. The van der Waals surface area contributed by atoms with Gasteiger partial charge in [0.25, 0.3) is 0 Å². The summed E-state index contributed by atoms with van der Waals surface area (Å²) in [6, 6.07) is 82.2. The molecule has 0 spiro atoms. The second-order valence-corrected chi connectivity index (χ2v) is 19.2. The summed E-state index contributed by atoms with van der Waals surface area (Å²) in [5, 5.41) is 39.5. The molecule has 2 N–H and O–H groups in total. The number of aromatic nitrogens is 4. The standard InChI is InChI=1S/C58H42N4.C12H8N2O4.2CNS.Ru/c1-3-17-49(18-4-1)61(57-23-11-15-47-13-7-9-21-53(47)57)51-33-29-43(30-34-51)25-27-45-37-39-59-55(41-45)56-42-46(38-40-60-56)28-26-44-31-35-52(36-32-44)62(50-19-5-2-6-20-50)58-24-12-16-48-14-8-10-22-54(48)58;15-11(16)7-1-3-13-9(5-7)10-6-8(12(17)18)2-4-14-10;2*2-1-3;/h1-42H;1-6H,(H,15,16)(H,17,18);;;/q;;2*-1;+2/b27-25+,28-26+;;;;. The predicted molar refractivity (Wildman–Crippen MR) is 356 cm³/mol. The summed E-state index contributed by atoms with van der Waals surface area (Å²) in [5.41, 5.74) is 13.5. The average molecular weight is 1260 g/mol. The van der Waals surface area contributed by atoms with E-state index < -0.39 is 11.9 Å². The molecule has 8 aromatic carbocycles. The summed E-state index contributed by atoms with van der Waals surface area (Å²) in [7, 11) is 0. The molecule has 4 heterocycles. The second-order valence-electron chi connectivity index (χ2n) is 18.8. The molecule has 0 saturated heterocycles. The topological polar surface area (TPSA) is 177 Å². The Bertz CT molecular complexity index is 4150.